The maximum absolute atomic E-state index is 12.8. The van der Waals surface area contributed by atoms with Crippen molar-refractivity contribution in [2.75, 3.05) is 13.1 Å². The summed E-state index contributed by atoms with van der Waals surface area (Å²) in [4.78, 5) is 22.1. The first-order valence-corrected chi connectivity index (χ1v) is 10.7. The topological polar surface area (TPSA) is 63.0 Å². The van der Waals surface area contributed by atoms with Crippen LogP contribution in [0, 0.1) is 6.92 Å². The predicted molar refractivity (Wildman–Crippen MR) is 114 cm³/mol. The minimum Gasteiger partial charge on any atom is -0.444 e. The summed E-state index contributed by atoms with van der Waals surface area (Å²) in [6, 6.07) is 4.62. The summed E-state index contributed by atoms with van der Waals surface area (Å²) < 4.78 is 7.50. The van der Waals surface area contributed by atoms with Crippen LogP contribution >= 0.6 is 0 Å². The molecule has 3 rings (SSSR count). The molecule has 0 radical (unpaired) electrons. The van der Waals surface area contributed by atoms with Gasteiger partial charge in [-0.25, -0.2) is 14.3 Å². The SMILES string of the molecule is CC[C@H]1CN(C(C)c2ccn3nc(C)cc3n2)[C@H](CC)CN1C(=O)OC(C)(C)C. The highest BCUT2D eigenvalue weighted by Crippen LogP contribution is 2.30. The van der Waals surface area contributed by atoms with Crippen molar-refractivity contribution in [1.82, 2.24) is 24.4 Å². The Morgan fingerprint density at radius 3 is 2.55 bits per heavy atom. The van der Waals surface area contributed by atoms with Crippen LogP contribution in [-0.4, -0.2) is 61.3 Å². The van der Waals surface area contributed by atoms with Gasteiger partial charge in [-0.05, 0) is 53.5 Å². The molecule has 160 valence electrons. The highest BCUT2D eigenvalue weighted by Gasteiger charge is 2.39. The minimum atomic E-state index is -0.482. The summed E-state index contributed by atoms with van der Waals surface area (Å²) in [5, 5.41) is 4.42. The lowest BCUT2D eigenvalue weighted by Gasteiger charge is -2.48. The van der Waals surface area contributed by atoms with E-state index in [9.17, 15) is 4.79 Å². The highest BCUT2D eigenvalue weighted by atomic mass is 16.6. The Balaban J connectivity index is 1.82. The Hall–Kier alpha value is -2.15. The zero-order valence-corrected chi connectivity index (χ0v) is 18.8. The van der Waals surface area contributed by atoms with Crippen molar-refractivity contribution in [3.8, 4) is 0 Å². The molecule has 1 saturated heterocycles. The summed E-state index contributed by atoms with van der Waals surface area (Å²) in [6.07, 6.45) is 3.64. The van der Waals surface area contributed by atoms with Crippen LogP contribution in [0.1, 0.15) is 71.8 Å². The van der Waals surface area contributed by atoms with Crippen molar-refractivity contribution < 1.29 is 9.53 Å². The first-order chi connectivity index (χ1) is 13.6. The molecule has 1 aliphatic rings. The quantitative estimate of drug-likeness (QED) is 0.768. The second kappa shape index (κ2) is 8.30. The molecule has 3 atom stereocenters. The molecule has 2 aromatic heterocycles. The molecule has 0 saturated carbocycles. The van der Waals surface area contributed by atoms with E-state index in [0.717, 1.165) is 36.4 Å². The fourth-order valence-electron chi connectivity index (χ4n) is 4.12. The van der Waals surface area contributed by atoms with Gasteiger partial charge in [0.2, 0.25) is 0 Å². The minimum absolute atomic E-state index is 0.135. The van der Waals surface area contributed by atoms with Crippen molar-refractivity contribution in [2.45, 2.75) is 85.0 Å². The average Bonchev–Trinajstić information content (AvgIpc) is 3.03. The van der Waals surface area contributed by atoms with Crippen molar-refractivity contribution >= 4 is 11.7 Å². The molecule has 7 nitrogen and oxygen atoms in total. The molecule has 0 spiro atoms. The van der Waals surface area contributed by atoms with Gasteiger partial charge in [0.25, 0.3) is 0 Å². The zero-order chi connectivity index (χ0) is 21.3. The summed E-state index contributed by atoms with van der Waals surface area (Å²) >= 11 is 0. The van der Waals surface area contributed by atoms with Gasteiger partial charge in [0, 0.05) is 43.5 Å². The van der Waals surface area contributed by atoms with Crippen LogP contribution in [-0.2, 0) is 4.74 Å². The Morgan fingerprint density at radius 2 is 1.93 bits per heavy atom. The largest absolute Gasteiger partial charge is 0.444 e. The first kappa shape index (κ1) is 21.6. The van der Waals surface area contributed by atoms with Crippen molar-refractivity contribution in [3.63, 3.8) is 0 Å². The van der Waals surface area contributed by atoms with E-state index in [4.69, 9.17) is 9.72 Å². The molecule has 0 bridgehead atoms. The van der Waals surface area contributed by atoms with Gasteiger partial charge in [-0.15, -0.1) is 0 Å². The maximum Gasteiger partial charge on any atom is 0.410 e. The predicted octanol–water partition coefficient (Wildman–Crippen LogP) is 4.21. The molecule has 2 aromatic rings. The second-order valence-electron chi connectivity index (χ2n) is 9.07. The number of ether oxygens (including phenoxy) is 1. The normalized spacial score (nSPS) is 22.1. The molecule has 3 heterocycles. The smallest absolute Gasteiger partial charge is 0.410 e. The summed E-state index contributed by atoms with van der Waals surface area (Å²) in [6.45, 7) is 15.8. The van der Waals surface area contributed by atoms with Crippen LogP contribution in [0.25, 0.3) is 5.65 Å². The van der Waals surface area contributed by atoms with Crippen LogP contribution < -0.4 is 0 Å². The molecule has 1 aliphatic heterocycles. The van der Waals surface area contributed by atoms with E-state index in [-0.39, 0.29) is 24.2 Å². The molecule has 7 heteroatoms. The van der Waals surface area contributed by atoms with Gasteiger partial charge < -0.3 is 9.64 Å². The number of piperazine rings is 1. The Labute approximate surface area is 174 Å². The van der Waals surface area contributed by atoms with E-state index in [1.54, 1.807) is 0 Å². The summed E-state index contributed by atoms with van der Waals surface area (Å²) in [5.41, 5.74) is 2.39. The lowest BCUT2D eigenvalue weighted by Crippen LogP contribution is -2.60. The molecule has 1 fully saturated rings. The molecule has 1 unspecified atom stereocenters. The van der Waals surface area contributed by atoms with Crippen LogP contribution in [0.2, 0.25) is 0 Å². The number of carbonyl (C=O) groups excluding carboxylic acids is 1. The van der Waals surface area contributed by atoms with Gasteiger partial charge >= 0.3 is 6.09 Å². The Bertz CT molecular complexity index is 856. The number of rotatable bonds is 4. The number of aromatic nitrogens is 3. The fraction of sp³-hybridized carbons (Fsp3) is 0.682. The zero-order valence-electron chi connectivity index (χ0n) is 18.8. The Morgan fingerprint density at radius 1 is 1.24 bits per heavy atom. The fourth-order valence-corrected chi connectivity index (χ4v) is 4.12. The third kappa shape index (κ3) is 4.71. The molecular weight excluding hydrogens is 366 g/mol. The molecular formula is C22H35N5O2. The number of nitrogens with zero attached hydrogens (tertiary/aromatic N) is 5. The van der Waals surface area contributed by atoms with Crippen LogP contribution in [0.15, 0.2) is 18.3 Å². The van der Waals surface area contributed by atoms with E-state index in [1.807, 2.05) is 49.4 Å². The van der Waals surface area contributed by atoms with E-state index in [0.29, 0.717) is 6.54 Å². The van der Waals surface area contributed by atoms with E-state index in [1.165, 1.54) is 0 Å². The third-order valence-corrected chi connectivity index (χ3v) is 5.70. The molecule has 29 heavy (non-hydrogen) atoms. The number of fused-ring (bicyclic) bond motifs is 1. The second-order valence-corrected chi connectivity index (χ2v) is 9.07. The number of carbonyl (C=O) groups is 1. The average molecular weight is 402 g/mol. The Kier molecular flexibility index (Phi) is 6.17. The van der Waals surface area contributed by atoms with E-state index < -0.39 is 5.60 Å². The van der Waals surface area contributed by atoms with Gasteiger partial charge in [-0.3, -0.25) is 4.90 Å². The van der Waals surface area contributed by atoms with Crippen molar-refractivity contribution in [2.24, 2.45) is 0 Å². The monoisotopic (exact) mass is 401 g/mol. The summed E-state index contributed by atoms with van der Waals surface area (Å²) in [5.74, 6) is 0. The van der Waals surface area contributed by atoms with Gasteiger partial charge in [-0.2, -0.15) is 5.10 Å². The molecule has 0 aromatic carbocycles. The van der Waals surface area contributed by atoms with Crippen molar-refractivity contribution in [3.05, 3.63) is 29.7 Å². The maximum atomic E-state index is 12.8. The molecule has 1 amide bonds. The van der Waals surface area contributed by atoms with Gasteiger partial charge in [0.15, 0.2) is 5.65 Å². The number of hydrogen-bond acceptors (Lipinski definition) is 5. The van der Waals surface area contributed by atoms with E-state index in [2.05, 4.69) is 36.8 Å². The van der Waals surface area contributed by atoms with Gasteiger partial charge in [0.1, 0.15) is 5.60 Å². The number of amides is 1. The van der Waals surface area contributed by atoms with Gasteiger partial charge in [-0.1, -0.05) is 13.8 Å². The first-order valence-electron chi connectivity index (χ1n) is 10.7. The van der Waals surface area contributed by atoms with Crippen LogP contribution in [0.5, 0.6) is 0 Å². The lowest BCUT2D eigenvalue weighted by molar-refractivity contribution is -0.0272. The highest BCUT2D eigenvalue weighted by molar-refractivity contribution is 5.69. The van der Waals surface area contributed by atoms with Crippen LogP contribution in [0.3, 0.4) is 0 Å². The number of hydrogen-bond donors (Lipinski definition) is 0. The standard InChI is InChI=1S/C22H35N5O2/c1-8-17-14-26(21(28)29-22(5,6)7)18(9-2)13-25(17)16(4)19-10-11-27-20(23-19)12-15(3)24-27/h10-12,16-18H,8-9,13-14H2,1-7H3/t16?,17-,18+/m1/s1. The number of aryl methyl sites for hydroxylation is 1. The van der Waals surface area contributed by atoms with Gasteiger partial charge in [0.05, 0.1) is 11.4 Å². The molecule has 0 aliphatic carbocycles. The third-order valence-electron chi connectivity index (χ3n) is 5.70. The lowest BCUT2D eigenvalue weighted by atomic mass is 9.99. The van der Waals surface area contributed by atoms with E-state index >= 15 is 0 Å². The molecule has 0 N–H and O–H groups in total. The summed E-state index contributed by atoms with van der Waals surface area (Å²) in [7, 11) is 0. The van der Waals surface area contributed by atoms with Crippen LogP contribution in [0.4, 0.5) is 4.79 Å². The van der Waals surface area contributed by atoms with Crippen molar-refractivity contribution in [1.29, 1.82) is 0 Å².